The maximum absolute atomic E-state index is 12.3. The Morgan fingerprint density at radius 1 is 1.07 bits per heavy atom. The van der Waals surface area contributed by atoms with Gasteiger partial charge in [0.1, 0.15) is 0 Å². The lowest BCUT2D eigenvalue weighted by Crippen LogP contribution is -2.17. The van der Waals surface area contributed by atoms with Crippen molar-refractivity contribution in [2.24, 2.45) is 0 Å². The molecule has 0 radical (unpaired) electrons. The molecule has 0 aliphatic carbocycles. The number of halogens is 1. The third-order valence-corrected chi connectivity index (χ3v) is 4.45. The van der Waals surface area contributed by atoms with Gasteiger partial charge in [-0.05, 0) is 32.0 Å². The van der Waals surface area contributed by atoms with Crippen molar-refractivity contribution < 1.29 is 23.9 Å². The molecule has 1 amide bonds. The number of carbonyl (C=O) groups excluding carboxylic acids is 3. The Kier molecular flexibility index (Phi) is 6.57. The highest BCUT2D eigenvalue weighted by Crippen LogP contribution is 2.20. The van der Waals surface area contributed by atoms with Crippen LogP contribution in [0.15, 0.2) is 18.2 Å². The molecule has 0 aliphatic heterocycles. The molecule has 0 spiro atoms. The van der Waals surface area contributed by atoms with Crippen molar-refractivity contribution in [2.45, 2.75) is 26.8 Å². The van der Waals surface area contributed by atoms with E-state index in [1.807, 2.05) is 6.92 Å². The van der Waals surface area contributed by atoms with Crippen LogP contribution in [0.2, 0.25) is 5.02 Å². The predicted molar refractivity (Wildman–Crippen MR) is 99.1 cm³/mol. The molecule has 1 aromatic carbocycles. The number of amides is 1. The smallest absolute Gasteiger partial charge is 0.337 e. The molecule has 2 rings (SSSR count). The molecule has 1 heterocycles. The van der Waals surface area contributed by atoms with Crippen LogP contribution in [0.25, 0.3) is 0 Å². The Morgan fingerprint density at radius 3 is 2.07 bits per heavy atom. The topological polar surface area (TPSA) is 99.5 Å². The fourth-order valence-corrected chi connectivity index (χ4v) is 2.63. The predicted octanol–water partition coefficient (Wildman–Crippen LogP) is 2.76. The maximum atomic E-state index is 12.3. The number of benzene rings is 1. The van der Waals surface area contributed by atoms with E-state index in [2.05, 4.69) is 19.9 Å². The lowest BCUT2D eigenvalue weighted by molar-refractivity contribution is -0.116. The average molecular weight is 394 g/mol. The average Bonchev–Trinajstić information content (AvgIpc) is 2.91. The van der Waals surface area contributed by atoms with Crippen molar-refractivity contribution in [3.05, 3.63) is 45.7 Å². The van der Waals surface area contributed by atoms with Crippen molar-refractivity contribution in [1.82, 2.24) is 9.78 Å². The minimum absolute atomic E-state index is 0.126. The zero-order valence-electron chi connectivity index (χ0n) is 15.5. The van der Waals surface area contributed by atoms with Gasteiger partial charge in [0.2, 0.25) is 5.91 Å². The second-order valence-electron chi connectivity index (χ2n) is 5.79. The van der Waals surface area contributed by atoms with Crippen LogP contribution in [-0.2, 0) is 20.8 Å². The zero-order valence-corrected chi connectivity index (χ0v) is 16.2. The number of aromatic nitrogens is 2. The van der Waals surface area contributed by atoms with Gasteiger partial charge < -0.3 is 14.8 Å². The van der Waals surface area contributed by atoms with Gasteiger partial charge in [0.15, 0.2) is 0 Å². The first kappa shape index (κ1) is 20.4. The highest BCUT2D eigenvalue weighted by molar-refractivity contribution is 6.31. The molecule has 9 heteroatoms. The molecule has 0 saturated carbocycles. The number of nitrogens with zero attached hydrogens (tertiary/aromatic N) is 2. The molecule has 0 fully saturated rings. The number of nitrogens with one attached hydrogen (secondary N) is 1. The number of esters is 2. The van der Waals surface area contributed by atoms with E-state index in [0.29, 0.717) is 17.3 Å². The number of rotatable bonds is 6. The van der Waals surface area contributed by atoms with E-state index >= 15 is 0 Å². The van der Waals surface area contributed by atoms with Crippen LogP contribution in [0.3, 0.4) is 0 Å². The van der Waals surface area contributed by atoms with Gasteiger partial charge in [0, 0.05) is 12.1 Å². The van der Waals surface area contributed by atoms with E-state index in [-0.39, 0.29) is 29.1 Å². The Bertz CT molecular complexity index is 857. The summed E-state index contributed by atoms with van der Waals surface area (Å²) in [5, 5.41) is 7.50. The molecule has 27 heavy (non-hydrogen) atoms. The fourth-order valence-electron chi connectivity index (χ4n) is 2.49. The molecular formula is C18H20ClN3O5. The van der Waals surface area contributed by atoms with Crippen LogP contribution in [0, 0.1) is 13.8 Å². The standard InChI is InChI=1S/C18H20ClN3O5/c1-10-16(19)11(2)22(21-10)6-5-15(23)20-14-8-12(17(24)26-3)7-13(9-14)18(25)27-4/h7-9H,5-6H2,1-4H3,(H,20,23). The molecule has 0 aliphatic rings. The SMILES string of the molecule is COC(=O)c1cc(NC(=O)CCn2nc(C)c(Cl)c2C)cc(C(=O)OC)c1. The number of carbonyl (C=O) groups is 3. The summed E-state index contributed by atoms with van der Waals surface area (Å²) in [5.74, 6) is -1.57. The second kappa shape index (κ2) is 8.68. The fraction of sp³-hybridized carbons (Fsp3) is 0.333. The minimum Gasteiger partial charge on any atom is -0.465 e. The first-order valence-corrected chi connectivity index (χ1v) is 8.45. The van der Waals surface area contributed by atoms with Gasteiger partial charge in [-0.2, -0.15) is 5.10 Å². The van der Waals surface area contributed by atoms with Gasteiger partial charge in [0.05, 0.1) is 48.3 Å². The summed E-state index contributed by atoms with van der Waals surface area (Å²) in [6.07, 6.45) is 0.133. The van der Waals surface area contributed by atoms with Crippen molar-refractivity contribution in [2.75, 3.05) is 19.5 Å². The molecule has 2 aromatic rings. The Balaban J connectivity index is 2.14. The Morgan fingerprint density at radius 2 is 1.63 bits per heavy atom. The number of methoxy groups -OCH3 is 2. The van der Waals surface area contributed by atoms with Gasteiger partial charge in [-0.25, -0.2) is 9.59 Å². The third-order valence-electron chi connectivity index (χ3n) is 3.90. The molecule has 0 unspecified atom stereocenters. The Hall–Kier alpha value is -2.87. The van der Waals surface area contributed by atoms with E-state index in [1.165, 1.54) is 32.4 Å². The largest absolute Gasteiger partial charge is 0.465 e. The van der Waals surface area contributed by atoms with Crippen LogP contribution in [0.5, 0.6) is 0 Å². The van der Waals surface area contributed by atoms with Gasteiger partial charge in [-0.3, -0.25) is 9.48 Å². The maximum Gasteiger partial charge on any atom is 0.337 e. The molecule has 0 saturated heterocycles. The van der Waals surface area contributed by atoms with Gasteiger partial charge >= 0.3 is 11.9 Å². The van der Waals surface area contributed by atoms with E-state index in [1.54, 1.807) is 11.6 Å². The number of hydrogen-bond acceptors (Lipinski definition) is 6. The quantitative estimate of drug-likeness (QED) is 0.757. The number of ether oxygens (including phenoxy) is 2. The summed E-state index contributed by atoms with van der Waals surface area (Å²) in [6, 6.07) is 4.19. The van der Waals surface area contributed by atoms with E-state index in [9.17, 15) is 14.4 Å². The number of anilines is 1. The van der Waals surface area contributed by atoms with Crippen molar-refractivity contribution >= 4 is 35.1 Å². The summed E-state index contributed by atoms with van der Waals surface area (Å²) >= 11 is 6.09. The lowest BCUT2D eigenvalue weighted by atomic mass is 10.1. The van der Waals surface area contributed by atoms with Crippen LogP contribution in [0.4, 0.5) is 5.69 Å². The van der Waals surface area contributed by atoms with Crippen LogP contribution < -0.4 is 5.32 Å². The third kappa shape index (κ3) is 4.85. The molecule has 0 atom stereocenters. The first-order valence-electron chi connectivity index (χ1n) is 8.08. The second-order valence-corrected chi connectivity index (χ2v) is 6.17. The summed E-state index contributed by atoms with van der Waals surface area (Å²) in [7, 11) is 2.45. The highest BCUT2D eigenvalue weighted by atomic mass is 35.5. The van der Waals surface area contributed by atoms with Crippen molar-refractivity contribution in [3.63, 3.8) is 0 Å². The summed E-state index contributed by atoms with van der Waals surface area (Å²) in [6.45, 7) is 3.95. The van der Waals surface area contributed by atoms with Crippen LogP contribution in [-0.4, -0.2) is 41.8 Å². The normalized spacial score (nSPS) is 10.4. The van der Waals surface area contributed by atoms with E-state index < -0.39 is 11.9 Å². The monoisotopic (exact) mass is 393 g/mol. The zero-order chi connectivity index (χ0) is 20.1. The molecule has 1 N–H and O–H groups in total. The van der Waals surface area contributed by atoms with Crippen LogP contribution in [0.1, 0.15) is 38.5 Å². The summed E-state index contributed by atoms with van der Waals surface area (Å²) < 4.78 is 11.0. The highest BCUT2D eigenvalue weighted by Gasteiger charge is 2.15. The van der Waals surface area contributed by atoms with Crippen LogP contribution >= 0.6 is 11.6 Å². The van der Waals surface area contributed by atoms with Crippen molar-refractivity contribution in [1.29, 1.82) is 0 Å². The molecule has 0 bridgehead atoms. The molecular weight excluding hydrogens is 374 g/mol. The van der Waals surface area contributed by atoms with Gasteiger partial charge in [0.25, 0.3) is 0 Å². The van der Waals surface area contributed by atoms with Gasteiger partial charge in [-0.1, -0.05) is 11.6 Å². The summed E-state index contributed by atoms with van der Waals surface area (Å²) in [5.41, 5.74) is 2.02. The minimum atomic E-state index is -0.631. The summed E-state index contributed by atoms with van der Waals surface area (Å²) in [4.78, 5) is 35.8. The molecule has 1 aromatic heterocycles. The lowest BCUT2D eigenvalue weighted by Gasteiger charge is -2.10. The van der Waals surface area contributed by atoms with E-state index in [4.69, 9.17) is 11.6 Å². The molecule has 144 valence electrons. The molecule has 8 nitrogen and oxygen atoms in total. The van der Waals surface area contributed by atoms with Crippen molar-refractivity contribution in [3.8, 4) is 0 Å². The first-order chi connectivity index (χ1) is 12.8. The Labute approximate surface area is 161 Å². The van der Waals surface area contributed by atoms with E-state index in [0.717, 1.165) is 5.69 Å². The number of hydrogen-bond donors (Lipinski definition) is 1. The van der Waals surface area contributed by atoms with Gasteiger partial charge in [-0.15, -0.1) is 0 Å². The number of aryl methyl sites for hydroxylation is 2.